The first kappa shape index (κ1) is 19.2. The normalized spacial score (nSPS) is 11.0. The third kappa shape index (κ3) is 5.98. The quantitative estimate of drug-likeness (QED) is 0.375. The summed E-state index contributed by atoms with van der Waals surface area (Å²) in [6.07, 6.45) is 3.67. The summed E-state index contributed by atoms with van der Waals surface area (Å²) in [5.74, 6) is 5.72. The van der Waals surface area contributed by atoms with E-state index < -0.39 is 0 Å². The molecular formula is C24H17ClN2O. The zero-order chi connectivity index (χ0) is 19.6. The predicted octanol–water partition coefficient (Wildman–Crippen LogP) is 5.19. The monoisotopic (exact) mass is 384 g/mol. The van der Waals surface area contributed by atoms with Gasteiger partial charge in [0.25, 0.3) is 5.91 Å². The van der Waals surface area contributed by atoms with Gasteiger partial charge >= 0.3 is 0 Å². The number of hydrogen-bond donors (Lipinski definition) is 1. The molecule has 0 aliphatic rings. The van der Waals surface area contributed by atoms with Crippen LogP contribution in [0.25, 0.3) is 6.08 Å². The minimum Gasteiger partial charge on any atom is -0.267 e. The van der Waals surface area contributed by atoms with Crippen molar-refractivity contribution in [3.8, 4) is 11.8 Å². The summed E-state index contributed by atoms with van der Waals surface area (Å²) >= 11 is 5.86. The lowest BCUT2D eigenvalue weighted by atomic mass is 10.2. The van der Waals surface area contributed by atoms with E-state index in [9.17, 15) is 4.79 Å². The van der Waals surface area contributed by atoms with Crippen LogP contribution in [-0.4, -0.2) is 11.6 Å². The van der Waals surface area contributed by atoms with Crippen LogP contribution in [-0.2, 0) is 0 Å². The molecule has 0 spiro atoms. The van der Waals surface area contributed by atoms with Crippen molar-refractivity contribution < 1.29 is 4.79 Å². The molecule has 3 aromatic rings. The summed E-state index contributed by atoms with van der Waals surface area (Å²) in [5.41, 5.74) is 5.33. The summed E-state index contributed by atoms with van der Waals surface area (Å²) in [6.45, 7) is 0. The van der Waals surface area contributed by atoms with Gasteiger partial charge in [0.15, 0.2) is 0 Å². The van der Waals surface area contributed by atoms with E-state index in [-0.39, 0.29) is 5.91 Å². The lowest BCUT2D eigenvalue weighted by Crippen LogP contribution is -2.18. The number of carbonyl (C=O) groups excluding carboxylic acids is 1. The number of hydrazone groups is 1. The maximum absolute atomic E-state index is 12.3. The molecule has 0 radical (unpaired) electrons. The Labute approximate surface area is 169 Å². The van der Waals surface area contributed by atoms with Gasteiger partial charge in [0.1, 0.15) is 5.71 Å². The van der Waals surface area contributed by atoms with Crippen molar-refractivity contribution in [1.29, 1.82) is 0 Å². The molecule has 3 nitrogen and oxygen atoms in total. The van der Waals surface area contributed by atoms with Crippen molar-refractivity contribution in [3.05, 3.63) is 113 Å². The summed E-state index contributed by atoms with van der Waals surface area (Å²) in [7, 11) is 0. The van der Waals surface area contributed by atoms with Crippen molar-refractivity contribution in [2.75, 3.05) is 0 Å². The average Bonchev–Trinajstić information content (AvgIpc) is 2.75. The van der Waals surface area contributed by atoms with E-state index in [1.807, 2.05) is 66.7 Å². The highest BCUT2D eigenvalue weighted by Crippen LogP contribution is 2.09. The van der Waals surface area contributed by atoms with E-state index in [2.05, 4.69) is 22.4 Å². The summed E-state index contributed by atoms with van der Waals surface area (Å²) in [4.78, 5) is 12.3. The van der Waals surface area contributed by atoms with E-state index in [0.717, 1.165) is 11.1 Å². The Morgan fingerprint density at radius 3 is 2.21 bits per heavy atom. The van der Waals surface area contributed by atoms with Gasteiger partial charge in [-0.2, -0.15) is 5.10 Å². The lowest BCUT2D eigenvalue weighted by Gasteiger charge is -2.00. The Morgan fingerprint density at radius 1 is 0.893 bits per heavy atom. The van der Waals surface area contributed by atoms with Gasteiger partial charge in [0.2, 0.25) is 0 Å². The molecule has 3 rings (SSSR count). The number of nitrogens with one attached hydrogen (secondary N) is 1. The Kier molecular flexibility index (Phi) is 6.78. The minimum absolute atomic E-state index is 0.330. The van der Waals surface area contributed by atoms with E-state index in [4.69, 9.17) is 11.6 Å². The van der Waals surface area contributed by atoms with E-state index >= 15 is 0 Å². The fourth-order valence-electron chi connectivity index (χ4n) is 2.28. The molecule has 0 saturated carbocycles. The van der Waals surface area contributed by atoms with Crippen LogP contribution in [0.5, 0.6) is 0 Å². The second-order valence-electron chi connectivity index (χ2n) is 5.80. The number of hydrogen-bond acceptors (Lipinski definition) is 2. The standard InChI is InChI=1S/C24H17ClN2O/c25-22-15-13-21(14-16-22)24(28)27-26-23(17-11-19-7-3-1-4-8-19)18-12-20-9-5-2-6-10-20/h1-11,13-17H,(H,27,28)/b17-11+,26-23+. The highest BCUT2D eigenvalue weighted by Gasteiger charge is 2.04. The first-order valence-corrected chi connectivity index (χ1v) is 9.02. The number of allylic oxidation sites excluding steroid dienone is 1. The molecule has 136 valence electrons. The number of amides is 1. The van der Waals surface area contributed by atoms with Crippen LogP contribution in [0.2, 0.25) is 5.02 Å². The molecule has 0 aromatic heterocycles. The smallest absolute Gasteiger partial charge is 0.267 e. The highest BCUT2D eigenvalue weighted by atomic mass is 35.5. The molecular weight excluding hydrogens is 368 g/mol. The Morgan fingerprint density at radius 2 is 1.54 bits per heavy atom. The van der Waals surface area contributed by atoms with Crippen molar-refractivity contribution in [2.24, 2.45) is 5.10 Å². The largest absolute Gasteiger partial charge is 0.271 e. The second-order valence-corrected chi connectivity index (χ2v) is 6.24. The molecule has 28 heavy (non-hydrogen) atoms. The van der Waals surface area contributed by atoms with Gasteiger partial charge < -0.3 is 0 Å². The molecule has 0 aliphatic heterocycles. The van der Waals surface area contributed by atoms with Gasteiger partial charge in [-0.15, -0.1) is 0 Å². The Hall–Kier alpha value is -3.61. The molecule has 1 N–H and O–H groups in total. The topological polar surface area (TPSA) is 41.5 Å². The summed E-state index contributed by atoms with van der Waals surface area (Å²) in [5, 5.41) is 4.75. The number of rotatable bonds is 4. The second kappa shape index (κ2) is 9.91. The van der Waals surface area contributed by atoms with Crippen molar-refractivity contribution in [1.82, 2.24) is 5.43 Å². The van der Waals surface area contributed by atoms with Crippen LogP contribution in [0.1, 0.15) is 21.5 Å². The van der Waals surface area contributed by atoms with E-state index in [1.165, 1.54) is 0 Å². The molecule has 0 aliphatic carbocycles. The first-order valence-electron chi connectivity index (χ1n) is 8.64. The summed E-state index contributed by atoms with van der Waals surface area (Å²) < 4.78 is 0. The maximum atomic E-state index is 12.3. The molecule has 0 atom stereocenters. The highest BCUT2D eigenvalue weighted by molar-refractivity contribution is 6.30. The van der Waals surface area contributed by atoms with Crippen LogP contribution in [0.15, 0.2) is 96.1 Å². The van der Waals surface area contributed by atoms with Crippen molar-refractivity contribution >= 4 is 29.3 Å². The van der Waals surface area contributed by atoms with Gasteiger partial charge in [-0.1, -0.05) is 72.1 Å². The molecule has 3 aromatic carbocycles. The maximum Gasteiger partial charge on any atom is 0.271 e. The van der Waals surface area contributed by atoms with Crippen LogP contribution in [0.4, 0.5) is 0 Å². The molecule has 0 saturated heterocycles. The zero-order valence-corrected chi connectivity index (χ0v) is 15.7. The SMILES string of the molecule is O=C(N/N=C(C#Cc1ccccc1)\C=C\c1ccccc1)c1ccc(Cl)cc1. The van der Waals surface area contributed by atoms with Gasteiger partial charge in [0, 0.05) is 16.1 Å². The molecule has 1 amide bonds. The fraction of sp³-hybridized carbons (Fsp3) is 0. The predicted molar refractivity (Wildman–Crippen MR) is 115 cm³/mol. The van der Waals surface area contributed by atoms with Crippen LogP contribution in [0.3, 0.4) is 0 Å². The van der Waals surface area contributed by atoms with Crippen LogP contribution in [0, 0.1) is 11.8 Å². The van der Waals surface area contributed by atoms with Gasteiger partial charge in [-0.25, -0.2) is 5.43 Å². The third-order valence-corrected chi connectivity index (χ3v) is 3.98. The van der Waals surface area contributed by atoms with Crippen molar-refractivity contribution in [3.63, 3.8) is 0 Å². The molecule has 0 unspecified atom stereocenters. The Balaban J connectivity index is 1.81. The molecule has 0 bridgehead atoms. The van der Waals surface area contributed by atoms with Gasteiger partial charge in [-0.05, 0) is 54.0 Å². The van der Waals surface area contributed by atoms with Crippen LogP contribution >= 0.6 is 11.6 Å². The fourth-order valence-corrected chi connectivity index (χ4v) is 2.41. The minimum atomic E-state index is -0.330. The number of nitrogens with zero attached hydrogens (tertiary/aromatic N) is 1. The molecule has 4 heteroatoms. The number of benzene rings is 3. The van der Waals surface area contributed by atoms with E-state index in [0.29, 0.717) is 16.3 Å². The number of halogens is 1. The first-order chi connectivity index (χ1) is 13.7. The lowest BCUT2D eigenvalue weighted by molar-refractivity contribution is 0.0955. The van der Waals surface area contributed by atoms with Gasteiger partial charge in [0.05, 0.1) is 0 Å². The molecule has 0 heterocycles. The third-order valence-electron chi connectivity index (χ3n) is 3.73. The molecule has 0 fully saturated rings. The average molecular weight is 385 g/mol. The number of carbonyl (C=O) groups is 1. The Bertz CT molecular complexity index is 1040. The van der Waals surface area contributed by atoms with Crippen LogP contribution < -0.4 is 5.43 Å². The zero-order valence-electron chi connectivity index (χ0n) is 15.0. The van der Waals surface area contributed by atoms with Gasteiger partial charge in [-0.3, -0.25) is 4.79 Å². The summed E-state index contributed by atoms with van der Waals surface area (Å²) in [6, 6.07) is 26.0. The van der Waals surface area contributed by atoms with Crippen molar-refractivity contribution in [2.45, 2.75) is 0 Å². The van der Waals surface area contributed by atoms with E-state index in [1.54, 1.807) is 30.3 Å².